The molecule has 1 heterocycles. The van der Waals surface area contributed by atoms with Crippen molar-refractivity contribution in [2.75, 3.05) is 18.4 Å². The molecule has 1 amide bonds. The Hall–Kier alpha value is -1.91. The minimum Gasteiger partial charge on any atom is -0.479 e. The van der Waals surface area contributed by atoms with Crippen molar-refractivity contribution in [2.24, 2.45) is 0 Å². The third-order valence-corrected chi connectivity index (χ3v) is 4.72. The van der Waals surface area contributed by atoms with Gasteiger partial charge in [0.1, 0.15) is 5.75 Å². The molecule has 132 valence electrons. The van der Waals surface area contributed by atoms with Crippen LogP contribution in [0.15, 0.2) is 48.5 Å². The molecule has 0 spiro atoms. The van der Waals surface area contributed by atoms with E-state index in [9.17, 15) is 4.79 Å². The minimum atomic E-state index is -0.603. The van der Waals surface area contributed by atoms with Crippen molar-refractivity contribution in [2.45, 2.75) is 25.5 Å². The molecule has 0 radical (unpaired) electrons. The van der Waals surface area contributed by atoms with Crippen molar-refractivity contribution < 1.29 is 9.53 Å². The number of hydrogen-bond acceptors (Lipinski definition) is 3. The first-order valence-corrected chi connectivity index (χ1v) is 9.00. The summed E-state index contributed by atoms with van der Waals surface area (Å²) in [5, 5.41) is 4.39. The number of benzene rings is 2. The van der Waals surface area contributed by atoms with Gasteiger partial charge in [0.15, 0.2) is 6.10 Å². The second-order valence-corrected chi connectivity index (χ2v) is 6.96. The van der Waals surface area contributed by atoms with Crippen LogP contribution in [0.1, 0.15) is 13.3 Å². The molecule has 0 aromatic heterocycles. The third-order valence-electron chi connectivity index (χ3n) is 4.19. The van der Waals surface area contributed by atoms with Crippen LogP contribution in [0, 0.1) is 0 Å². The van der Waals surface area contributed by atoms with E-state index in [2.05, 4.69) is 5.32 Å². The van der Waals surface area contributed by atoms with Gasteiger partial charge in [-0.2, -0.15) is 0 Å². The van der Waals surface area contributed by atoms with E-state index in [1.54, 1.807) is 25.1 Å². The lowest BCUT2D eigenvalue weighted by atomic mass is 10.2. The summed E-state index contributed by atoms with van der Waals surface area (Å²) < 4.78 is 5.73. The van der Waals surface area contributed by atoms with Crippen molar-refractivity contribution in [3.05, 3.63) is 58.6 Å². The fourth-order valence-corrected chi connectivity index (χ4v) is 3.37. The summed E-state index contributed by atoms with van der Waals surface area (Å²) in [5.41, 5.74) is 1.07. The molecule has 0 saturated carbocycles. The molecule has 0 bridgehead atoms. The standard InChI is InChI=1S/C19H20Cl2N2O2/c1-13(25-18-8-7-14(20)11-17(18)21)19(24)23-10-9-16(12-23)22-15-5-3-2-4-6-15/h2-8,11,13,16,22H,9-10,12H2,1H3. The number of nitrogens with zero attached hydrogens (tertiary/aromatic N) is 1. The number of para-hydroxylation sites is 1. The highest BCUT2D eigenvalue weighted by Gasteiger charge is 2.30. The van der Waals surface area contributed by atoms with Gasteiger partial charge < -0.3 is 15.0 Å². The van der Waals surface area contributed by atoms with Gasteiger partial charge in [-0.25, -0.2) is 0 Å². The number of carbonyl (C=O) groups is 1. The number of ether oxygens (including phenoxy) is 1. The number of amides is 1. The average Bonchev–Trinajstić information content (AvgIpc) is 3.06. The lowest BCUT2D eigenvalue weighted by molar-refractivity contribution is -0.136. The van der Waals surface area contributed by atoms with Crippen LogP contribution in [0.2, 0.25) is 10.0 Å². The highest BCUT2D eigenvalue weighted by molar-refractivity contribution is 6.35. The number of carbonyl (C=O) groups excluding carboxylic acids is 1. The van der Waals surface area contributed by atoms with Crippen LogP contribution < -0.4 is 10.1 Å². The van der Waals surface area contributed by atoms with E-state index < -0.39 is 6.10 Å². The highest BCUT2D eigenvalue weighted by atomic mass is 35.5. The first-order valence-electron chi connectivity index (χ1n) is 8.25. The SMILES string of the molecule is CC(Oc1ccc(Cl)cc1Cl)C(=O)N1CCC(Nc2ccccc2)C1. The number of halogens is 2. The second-order valence-electron chi connectivity index (χ2n) is 6.12. The maximum atomic E-state index is 12.6. The fourth-order valence-electron chi connectivity index (χ4n) is 2.92. The molecular weight excluding hydrogens is 359 g/mol. The molecule has 6 heteroatoms. The molecule has 2 unspecified atom stereocenters. The first-order chi connectivity index (χ1) is 12.0. The minimum absolute atomic E-state index is 0.0385. The lowest BCUT2D eigenvalue weighted by Gasteiger charge is -2.22. The third kappa shape index (κ3) is 4.59. The van der Waals surface area contributed by atoms with Gasteiger partial charge in [-0.05, 0) is 43.7 Å². The van der Waals surface area contributed by atoms with Gasteiger partial charge >= 0.3 is 0 Å². The predicted octanol–water partition coefficient (Wildman–Crippen LogP) is 4.47. The Labute approximate surface area is 157 Å². The summed E-state index contributed by atoms with van der Waals surface area (Å²) in [5.74, 6) is 0.424. The zero-order valence-electron chi connectivity index (χ0n) is 13.9. The van der Waals surface area contributed by atoms with E-state index >= 15 is 0 Å². The predicted molar refractivity (Wildman–Crippen MR) is 102 cm³/mol. The van der Waals surface area contributed by atoms with E-state index in [-0.39, 0.29) is 11.9 Å². The Morgan fingerprint density at radius 1 is 1.24 bits per heavy atom. The molecule has 2 aromatic rings. The zero-order chi connectivity index (χ0) is 17.8. The lowest BCUT2D eigenvalue weighted by Crippen LogP contribution is -2.40. The Morgan fingerprint density at radius 2 is 2.00 bits per heavy atom. The smallest absolute Gasteiger partial charge is 0.263 e. The van der Waals surface area contributed by atoms with Crippen LogP contribution in [0.5, 0.6) is 5.75 Å². The number of nitrogens with one attached hydrogen (secondary N) is 1. The molecule has 4 nitrogen and oxygen atoms in total. The van der Waals surface area contributed by atoms with Crippen LogP contribution in [0.3, 0.4) is 0 Å². The summed E-state index contributed by atoms with van der Waals surface area (Å²) >= 11 is 12.0. The second kappa shape index (κ2) is 7.98. The quantitative estimate of drug-likeness (QED) is 0.833. The van der Waals surface area contributed by atoms with E-state index in [4.69, 9.17) is 27.9 Å². The molecule has 1 saturated heterocycles. The first kappa shape index (κ1) is 17.9. The van der Waals surface area contributed by atoms with E-state index in [1.165, 1.54) is 0 Å². The molecule has 1 aliphatic heterocycles. The Balaban J connectivity index is 1.56. The summed E-state index contributed by atoms with van der Waals surface area (Å²) in [6.45, 7) is 3.12. The van der Waals surface area contributed by atoms with Crippen molar-refractivity contribution in [1.29, 1.82) is 0 Å². The van der Waals surface area contributed by atoms with E-state index in [0.717, 1.165) is 12.1 Å². The molecule has 2 aromatic carbocycles. The molecule has 1 fully saturated rings. The van der Waals surface area contributed by atoms with Gasteiger partial charge in [0.05, 0.1) is 5.02 Å². The average molecular weight is 379 g/mol. The van der Waals surface area contributed by atoms with Crippen LogP contribution in [0.25, 0.3) is 0 Å². The molecule has 3 rings (SSSR count). The molecule has 0 aliphatic carbocycles. The van der Waals surface area contributed by atoms with Crippen LogP contribution in [0.4, 0.5) is 5.69 Å². The van der Waals surface area contributed by atoms with Crippen molar-refractivity contribution in [3.63, 3.8) is 0 Å². The van der Waals surface area contributed by atoms with Crippen molar-refractivity contribution >= 4 is 34.8 Å². The van der Waals surface area contributed by atoms with Gasteiger partial charge in [0, 0.05) is 29.8 Å². The summed E-state index contributed by atoms with van der Waals surface area (Å²) in [4.78, 5) is 14.5. The molecular formula is C19H20Cl2N2O2. The van der Waals surface area contributed by atoms with E-state index in [0.29, 0.717) is 28.9 Å². The highest BCUT2D eigenvalue weighted by Crippen LogP contribution is 2.28. The number of likely N-dealkylation sites (tertiary alicyclic amines) is 1. The monoisotopic (exact) mass is 378 g/mol. The summed E-state index contributed by atoms with van der Waals surface area (Å²) in [6.07, 6.45) is 0.309. The summed E-state index contributed by atoms with van der Waals surface area (Å²) in [6, 6.07) is 15.2. The fraction of sp³-hybridized carbons (Fsp3) is 0.316. The van der Waals surface area contributed by atoms with Crippen LogP contribution in [-0.4, -0.2) is 36.0 Å². The molecule has 1 N–H and O–H groups in total. The maximum Gasteiger partial charge on any atom is 0.263 e. The van der Waals surface area contributed by atoms with Gasteiger partial charge in [-0.15, -0.1) is 0 Å². The molecule has 25 heavy (non-hydrogen) atoms. The molecule has 1 aliphatic rings. The van der Waals surface area contributed by atoms with Crippen LogP contribution >= 0.6 is 23.2 Å². The normalized spacial score (nSPS) is 18.0. The number of rotatable bonds is 5. The Morgan fingerprint density at radius 3 is 2.72 bits per heavy atom. The van der Waals surface area contributed by atoms with Gasteiger partial charge in [-0.1, -0.05) is 41.4 Å². The molecule has 2 atom stereocenters. The largest absolute Gasteiger partial charge is 0.479 e. The van der Waals surface area contributed by atoms with Crippen molar-refractivity contribution in [1.82, 2.24) is 4.90 Å². The zero-order valence-corrected chi connectivity index (χ0v) is 15.4. The van der Waals surface area contributed by atoms with Gasteiger partial charge in [0.25, 0.3) is 5.91 Å². The van der Waals surface area contributed by atoms with Gasteiger partial charge in [0.2, 0.25) is 0 Å². The van der Waals surface area contributed by atoms with Crippen LogP contribution in [-0.2, 0) is 4.79 Å². The topological polar surface area (TPSA) is 41.6 Å². The number of hydrogen-bond donors (Lipinski definition) is 1. The van der Waals surface area contributed by atoms with Gasteiger partial charge in [-0.3, -0.25) is 4.79 Å². The Bertz CT molecular complexity index is 739. The maximum absolute atomic E-state index is 12.6. The summed E-state index contributed by atoms with van der Waals surface area (Å²) in [7, 11) is 0. The van der Waals surface area contributed by atoms with E-state index in [1.807, 2.05) is 35.2 Å². The van der Waals surface area contributed by atoms with Crippen molar-refractivity contribution in [3.8, 4) is 5.75 Å². The Kier molecular flexibility index (Phi) is 5.71. The number of anilines is 1.